The van der Waals surface area contributed by atoms with Crippen LogP contribution in [0.4, 0.5) is 5.69 Å². The van der Waals surface area contributed by atoms with Crippen LogP contribution in [0.25, 0.3) is 0 Å². The molecule has 0 saturated carbocycles. The molecule has 0 aromatic heterocycles. The number of carbonyl (C=O) groups is 1. The molecule has 6 heteroatoms. The first-order valence-corrected chi connectivity index (χ1v) is 5.17. The number of nitro benzene ring substituents is 1. The first-order valence-electron chi connectivity index (χ1n) is 3.58. The molecule has 0 saturated heterocycles. The molecule has 1 rings (SSSR count). The number of hydrogen-bond donors (Lipinski definition) is 0. The zero-order valence-electron chi connectivity index (χ0n) is 7.08. The maximum Gasteiger partial charge on any atom is 0.284 e. The van der Waals surface area contributed by atoms with Gasteiger partial charge in [-0.3, -0.25) is 14.9 Å². The second-order valence-corrected chi connectivity index (χ2v) is 4.22. The summed E-state index contributed by atoms with van der Waals surface area (Å²) in [5.74, 6) is -0.229. The zero-order valence-corrected chi connectivity index (χ0v) is 10.3. The fourth-order valence-corrected chi connectivity index (χ4v) is 2.65. The molecule has 0 bridgehead atoms. The molecule has 0 fully saturated rings. The van der Waals surface area contributed by atoms with Gasteiger partial charge in [-0.05, 0) is 44.8 Å². The van der Waals surface area contributed by atoms with E-state index in [1.807, 2.05) is 0 Å². The fraction of sp³-hybridized carbons (Fsp3) is 0.125. The molecule has 0 spiro atoms. The molecule has 0 N–H and O–H groups in total. The summed E-state index contributed by atoms with van der Waals surface area (Å²) in [7, 11) is 0. The largest absolute Gasteiger partial charge is 0.294 e. The van der Waals surface area contributed by atoms with Gasteiger partial charge in [0.1, 0.15) is 4.47 Å². The minimum absolute atomic E-state index is 0.113. The van der Waals surface area contributed by atoms with E-state index in [2.05, 4.69) is 31.9 Å². The minimum atomic E-state index is -0.539. The molecular formula is C8H5Br2NO3. The predicted octanol–water partition coefficient (Wildman–Crippen LogP) is 3.32. The van der Waals surface area contributed by atoms with Crippen LogP contribution in [0.1, 0.15) is 17.3 Å². The van der Waals surface area contributed by atoms with Gasteiger partial charge in [0.2, 0.25) is 0 Å². The Kier molecular flexibility index (Phi) is 3.38. The number of carbonyl (C=O) groups excluding carboxylic acids is 1. The Morgan fingerprint density at radius 3 is 2.43 bits per heavy atom. The molecule has 1 aromatic carbocycles. The lowest BCUT2D eigenvalue weighted by Gasteiger charge is -2.03. The van der Waals surface area contributed by atoms with E-state index < -0.39 is 4.92 Å². The molecule has 0 radical (unpaired) electrons. The lowest BCUT2D eigenvalue weighted by atomic mass is 10.1. The molecule has 0 aliphatic heterocycles. The smallest absolute Gasteiger partial charge is 0.284 e. The highest BCUT2D eigenvalue weighted by Gasteiger charge is 2.20. The van der Waals surface area contributed by atoms with Crippen molar-refractivity contribution in [2.24, 2.45) is 0 Å². The van der Waals surface area contributed by atoms with Gasteiger partial charge < -0.3 is 0 Å². The van der Waals surface area contributed by atoms with Crippen LogP contribution in [0.3, 0.4) is 0 Å². The van der Waals surface area contributed by atoms with Crippen molar-refractivity contribution >= 4 is 43.3 Å². The summed E-state index contributed by atoms with van der Waals surface area (Å²) < 4.78 is 0.756. The van der Waals surface area contributed by atoms with Gasteiger partial charge >= 0.3 is 0 Å². The average Bonchev–Trinajstić information content (AvgIpc) is 2.02. The van der Waals surface area contributed by atoms with Crippen LogP contribution in [0.2, 0.25) is 0 Å². The number of ketones is 1. The molecule has 0 unspecified atom stereocenters. The van der Waals surface area contributed by atoms with Crippen LogP contribution in [0, 0.1) is 10.1 Å². The number of nitro groups is 1. The molecule has 0 amide bonds. The number of hydrogen-bond acceptors (Lipinski definition) is 3. The van der Waals surface area contributed by atoms with Crippen molar-refractivity contribution in [2.75, 3.05) is 0 Å². The highest BCUT2D eigenvalue weighted by molar-refractivity contribution is 9.11. The fourth-order valence-electron chi connectivity index (χ4n) is 1.01. The van der Waals surface area contributed by atoms with Crippen molar-refractivity contribution in [3.8, 4) is 0 Å². The van der Waals surface area contributed by atoms with Crippen molar-refractivity contribution < 1.29 is 9.72 Å². The molecule has 1 aromatic rings. The lowest BCUT2D eigenvalue weighted by molar-refractivity contribution is -0.385. The summed E-state index contributed by atoms with van der Waals surface area (Å²) in [5.41, 5.74) is 0.178. The van der Waals surface area contributed by atoms with Crippen LogP contribution in [-0.2, 0) is 0 Å². The van der Waals surface area contributed by atoms with Crippen molar-refractivity contribution in [3.63, 3.8) is 0 Å². The van der Waals surface area contributed by atoms with Crippen molar-refractivity contribution in [3.05, 3.63) is 36.8 Å². The Morgan fingerprint density at radius 1 is 1.43 bits per heavy atom. The molecular weight excluding hydrogens is 318 g/mol. The first kappa shape index (κ1) is 11.3. The van der Waals surface area contributed by atoms with Gasteiger partial charge in [0, 0.05) is 10.5 Å². The number of benzene rings is 1. The van der Waals surface area contributed by atoms with Gasteiger partial charge in [0.05, 0.1) is 10.5 Å². The van der Waals surface area contributed by atoms with E-state index in [1.54, 1.807) is 0 Å². The average molecular weight is 323 g/mol. The number of nitrogens with zero attached hydrogens (tertiary/aromatic N) is 1. The molecule has 14 heavy (non-hydrogen) atoms. The third-order valence-electron chi connectivity index (χ3n) is 1.62. The third kappa shape index (κ3) is 2.01. The van der Waals surface area contributed by atoms with Crippen LogP contribution < -0.4 is 0 Å². The van der Waals surface area contributed by atoms with E-state index >= 15 is 0 Å². The molecule has 0 aliphatic carbocycles. The maximum absolute atomic E-state index is 11.2. The summed E-state index contributed by atoms with van der Waals surface area (Å²) in [6, 6.07) is 2.82. The quantitative estimate of drug-likeness (QED) is 0.476. The molecule has 0 aliphatic rings. The molecule has 0 atom stereocenters. The van der Waals surface area contributed by atoms with Crippen molar-refractivity contribution in [1.29, 1.82) is 0 Å². The summed E-state index contributed by atoms with van der Waals surface area (Å²) in [6.45, 7) is 1.36. The Labute approximate surface area is 96.7 Å². The molecule has 0 heterocycles. The summed E-state index contributed by atoms with van der Waals surface area (Å²) in [5, 5.41) is 10.6. The van der Waals surface area contributed by atoms with Gasteiger partial charge in [0.25, 0.3) is 5.69 Å². The Hall–Kier alpha value is -0.750. The highest BCUT2D eigenvalue weighted by Crippen LogP contribution is 2.33. The van der Waals surface area contributed by atoms with Gasteiger partial charge in [0.15, 0.2) is 5.78 Å². The first-order chi connectivity index (χ1) is 6.45. The number of rotatable bonds is 2. The van der Waals surface area contributed by atoms with Gasteiger partial charge in [-0.15, -0.1) is 0 Å². The summed E-state index contributed by atoms with van der Waals surface area (Å²) >= 11 is 6.20. The zero-order chi connectivity index (χ0) is 10.9. The van der Waals surface area contributed by atoms with Crippen molar-refractivity contribution in [1.82, 2.24) is 0 Å². The van der Waals surface area contributed by atoms with E-state index in [0.717, 1.165) is 0 Å². The number of halogens is 2. The third-order valence-corrected chi connectivity index (χ3v) is 3.08. The standard InChI is InChI=1S/C8H5Br2NO3/c1-4(12)7-5(9)2-3-6(8(7)10)11(13)14/h2-3H,1H3. The topological polar surface area (TPSA) is 60.2 Å². The van der Waals surface area contributed by atoms with E-state index in [1.165, 1.54) is 19.1 Å². The predicted molar refractivity (Wildman–Crippen MR) is 58.5 cm³/mol. The summed E-state index contributed by atoms with van der Waals surface area (Å²) in [4.78, 5) is 21.2. The molecule has 74 valence electrons. The van der Waals surface area contributed by atoms with E-state index in [9.17, 15) is 14.9 Å². The lowest BCUT2D eigenvalue weighted by Crippen LogP contribution is -1.99. The Morgan fingerprint density at radius 2 is 2.00 bits per heavy atom. The van der Waals surface area contributed by atoms with E-state index in [4.69, 9.17) is 0 Å². The van der Waals surface area contributed by atoms with Crippen LogP contribution in [0.15, 0.2) is 21.1 Å². The second-order valence-electron chi connectivity index (χ2n) is 2.57. The second kappa shape index (κ2) is 4.18. The minimum Gasteiger partial charge on any atom is -0.294 e. The number of Topliss-reactive ketones (excluding diaryl/α,β-unsaturated/α-hetero) is 1. The Bertz CT molecular complexity index is 417. The van der Waals surface area contributed by atoms with Gasteiger partial charge in [-0.25, -0.2) is 0 Å². The summed E-state index contributed by atoms with van der Waals surface area (Å²) in [6.07, 6.45) is 0. The SMILES string of the molecule is CC(=O)c1c(Br)ccc([N+](=O)[O-])c1Br. The van der Waals surface area contributed by atoms with E-state index in [0.29, 0.717) is 10.0 Å². The van der Waals surface area contributed by atoms with Crippen molar-refractivity contribution in [2.45, 2.75) is 6.92 Å². The van der Waals surface area contributed by atoms with Crippen LogP contribution in [-0.4, -0.2) is 10.7 Å². The van der Waals surface area contributed by atoms with Crippen LogP contribution >= 0.6 is 31.9 Å². The normalized spacial score (nSPS) is 9.93. The monoisotopic (exact) mass is 321 g/mol. The highest BCUT2D eigenvalue weighted by atomic mass is 79.9. The van der Waals surface area contributed by atoms with Crippen LogP contribution in [0.5, 0.6) is 0 Å². The maximum atomic E-state index is 11.2. The van der Waals surface area contributed by atoms with Gasteiger partial charge in [-0.1, -0.05) is 0 Å². The van der Waals surface area contributed by atoms with E-state index in [-0.39, 0.29) is 15.9 Å². The molecule has 4 nitrogen and oxygen atoms in total. The van der Waals surface area contributed by atoms with Gasteiger partial charge in [-0.2, -0.15) is 0 Å². The Balaban J connectivity index is 3.49.